The largest absolute Gasteiger partial charge is 0.497 e. The molecule has 1 saturated heterocycles. The van der Waals surface area contributed by atoms with Crippen LogP contribution in [0.1, 0.15) is 16.1 Å². The number of hydrogen-bond donors (Lipinski definition) is 0. The molecule has 7 heteroatoms. The maximum atomic E-state index is 12.5. The van der Waals surface area contributed by atoms with Crippen LogP contribution in [0.3, 0.4) is 0 Å². The van der Waals surface area contributed by atoms with Gasteiger partial charge in [-0.1, -0.05) is 0 Å². The summed E-state index contributed by atoms with van der Waals surface area (Å²) >= 11 is 0. The molecule has 0 radical (unpaired) electrons. The Morgan fingerprint density at radius 1 is 1.12 bits per heavy atom. The first-order chi connectivity index (χ1) is 11.7. The molecule has 2 aromatic rings. The summed E-state index contributed by atoms with van der Waals surface area (Å²) in [4.78, 5) is 24.7. The molecular formula is C17H17N5O2. The van der Waals surface area contributed by atoms with Gasteiger partial charge in [0.1, 0.15) is 17.6 Å². The summed E-state index contributed by atoms with van der Waals surface area (Å²) in [6.45, 7) is 2.60. The molecule has 2 heterocycles. The van der Waals surface area contributed by atoms with Crippen molar-refractivity contribution in [1.29, 1.82) is 5.26 Å². The van der Waals surface area contributed by atoms with E-state index in [4.69, 9.17) is 10.00 Å². The van der Waals surface area contributed by atoms with Crippen LogP contribution in [0.2, 0.25) is 0 Å². The van der Waals surface area contributed by atoms with Crippen LogP contribution in [-0.2, 0) is 0 Å². The fourth-order valence-corrected chi connectivity index (χ4v) is 2.60. The summed E-state index contributed by atoms with van der Waals surface area (Å²) in [5, 5.41) is 8.76. The third kappa shape index (κ3) is 3.27. The molecule has 1 aliphatic heterocycles. The van der Waals surface area contributed by atoms with Gasteiger partial charge in [-0.2, -0.15) is 5.26 Å². The van der Waals surface area contributed by atoms with Gasteiger partial charge in [-0.3, -0.25) is 4.79 Å². The third-order valence-corrected chi connectivity index (χ3v) is 3.98. The number of benzene rings is 1. The number of anilines is 1. The van der Waals surface area contributed by atoms with E-state index < -0.39 is 0 Å². The maximum Gasteiger partial charge on any atom is 0.253 e. The summed E-state index contributed by atoms with van der Waals surface area (Å²) in [5.74, 6) is 1.48. The fourth-order valence-electron chi connectivity index (χ4n) is 2.60. The van der Waals surface area contributed by atoms with Crippen LogP contribution in [-0.4, -0.2) is 54.1 Å². The highest BCUT2D eigenvalue weighted by atomic mass is 16.5. The molecular weight excluding hydrogens is 306 g/mol. The molecule has 1 aromatic carbocycles. The molecule has 0 aliphatic carbocycles. The predicted octanol–water partition coefficient (Wildman–Crippen LogP) is 1.32. The highest BCUT2D eigenvalue weighted by Gasteiger charge is 2.23. The highest BCUT2D eigenvalue weighted by Crippen LogP contribution is 2.16. The average Bonchev–Trinajstić information content (AvgIpc) is 2.68. The second kappa shape index (κ2) is 6.96. The molecule has 0 bridgehead atoms. The third-order valence-electron chi connectivity index (χ3n) is 3.98. The monoisotopic (exact) mass is 323 g/mol. The molecule has 3 rings (SSSR count). The Bertz CT molecular complexity index is 744. The first kappa shape index (κ1) is 15.7. The SMILES string of the molecule is COc1ccc(C(=O)N2CCN(c3cnc(C#N)cn3)CC2)cc1. The number of nitrogens with zero attached hydrogens (tertiary/aromatic N) is 5. The Balaban J connectivity index is 1.61. The van der Waals surface area contributed by atoms with E-state index in [1.807, 2.05) is 11.0 Å². The lowest BCUT2D eigenvalue weighted by molar-refractivity contribution is 0.0746. The van der Waals surface area contributed by atoms with Crippen molar-refractivity contribution in [3.05, 3.63) is 47.9 Å². The molecule has 1 aliphatic rings. The van der Waals surface area contributed by atoms with Gasteiger partial charge in [0, 0.05) is 31.7 Å². The number of carbonyl (C=O) groups excluding carboxylic acids is 1. The fraction of sp³-hybridized carbons (Fsp3) is 0.294. The Morgan fingerprint density at radius 2 is 1.83 bits per heavy atom. The summed E-state index contributed by atoms with van der Waals surface area (Å²) in [5.41, 5.74) is 0.953. The van der Waals surface area contributed by atoms with Crippen LogP contribution in [0, 0.1) is 11.3 Å². The number of carbonyl (C=O) groups is 1. The lowest BCUT2D eigenvalue weighted by Crippen LogP contribution is -2.49. The smallest absolute Gasteiger partial charge is 0.253 e. The van der Waals surface area contributed by atoms with Gasteiger partial charge in [0.25, 0.3) is 5.91 Å². The predicted molar refractivity (Wildman–Crippen MR) is 87.9 cm³/mol. The van der Waals surface area contributed by atoms with Crippen molar-refractivity contribution in [2.45, 2.75) is 0 Å². The Kier molecular flexibility index (Phi) is 4.57. The maximum absolute atomic E-state index is 12.5. The van der Waals surface area contributed by atoms with E-state index in [-0.39, 0.29) is 5.91 Å². The van der Waals surface area contributed by atoms with Crippen LogP contribution in [0.15, 0.2) is 36.7 Å². The molecule has 1 amide bonds. The van der Waals surface area contributed by atoms with Crippen LogP contribution in [0.5, 0.6) is 5.75 Å². The van der Waals surface area contributed by atoms with Gasteiger partial charge in [-0.25, -0.2) is 9.97 Å². The van der Waals surface area contributed by atoms with Crippen molar-refractivity contribution >= 4 is 11.7 Å². The van der Waals surface area contributed by atoms with Gasteiger partial charge in [-0.15, -0.1) is 0 Å². The minimum Gasteiger partial charge on any atom is -0.497 e. The molecule has 122 valence electrons. The zero-order valence-corrected chi connectivity index (χ0v) is 13.3. The van der Waals surface area contributed by atoms with E-state index in [1.165, 1.54) is 6.20 Å². The van der Waals surface area contributed by atoms with Crippen molar-refractivity contribution in [3.63, 3.8) is 0 Å². The minimum atomic E-state index is 0.0169. The number of aromatic nitrogens is 2. The van der Waals surface area contributed by atoms with Crippen LogP contribution in [0.4, 0.5) is 5.82 Å². The summed E-state index contributed by atoms with van der Waals surface area (Å²) in [6.07, 6.45) is 3.06. The van der Waals surface area contributed by atoms with Gasteiger partial charge < -0.3 is 14.5 Å². The van der Waals surface area contributed by atoms with Crippen molar-refractivity contribution in [3.8, 4) is 11.8 Å². The zero-order valence-electron chi connectivity index (χ0n) is 13.3. The van der Waals surface area contributed by atoms with Crippen molar-refractivity contribution in [2.24, 2.45) is 0 Å². The number of ether oxygens (including phenoxy) is 1. The Hall–Kier alpha value is -3.14. The van der Waals surface area contributed by atoms with Gasteiger partial charge in [-0.05, 0) is 24.3 Å². The van der Waals surface area contributed by atoms with Crippen LogP contribution < -0.4 is 9.64 Å². The van der Waals surface area contributed by atoms with E-state index in [0.29, 0.717) is 37.4 Å². The molecule has 0 atom stereocenters. The van der Waals surface area contributed by atoms with Gasteiger partial charge in [0.2, 0.25) is 0 Å². The molecule has 1 aromatic heterocycles. The molecule has 1 fully saturated rings. The van der Waals surface area contributed by atoms with E-state index in [0.717, 1.165) is 11.6 Å². The minimum absolute atomic E-state index is 0.0169. The van der Waals surface area contributed by atoms with Crippen molar-refractivity contribution < 1.29 is 9.53 Å². The standard InChI is InChI=1S/C17H17N5O2/c1-24-15-4-2-13(3-5-15)17(23)22-8-6-21(7-9-22)16-12-19-14(10-18)11-20-16/h2-5,11-12H,6-9H2,1H3. The van der Waals surface area contributed by atoms with Crippen LogP contribution >= 0.6 is 0 Å². The first-order valence-corrected chi connectivity index (χ1v) is 7.61. The second-order valence-corrected chi connectivity index (χ2v) is 5.38. The topological polar surface area (TPSA) is 82.4 Å². The van der Waals surface area contributed by atoms with Crippen LogP contribution in [0.25, 0.3) is 0 Å². The number of hydrogen-bond acceptors (Lipinski definition) is 6. The Labute approximate surface area is 140 Å². The zero-order chi connectivity index (χ0) is 16.9. The number of methoxy groups -OCH3 is 1. The molecule has 0 N–H and O–H groups in total. The van der Waals surface area contributed by atoms with Gasteiger partial charge in [0.05, 0.1) is 19.5 Å². The summed E-state index contributed by atoms with van der Waals surface area (Å²) < 4.78 is 5.11. The Morgan fingerprint density at radius 3 is 2.38 bits per heavy atom. The molecule has 24 heavy (non-hydrogen) atoms. The quantitative estimate of drug-likeness (QED) is 0.847. The molecule has 0 unspecified atom stereocenters. The summed E-state index contributed by atoms with van der Waals surface area (Å²) in [6, 6.07) is 9.08. The average molecular weight is 323 g/mol. The highest BCUT2D eigenvalue weighted by molar-refractivity contribution is 5.94. The second-order valence-electron chi connectivity index (χ2n) is 5.38. The number of rotatable bonds is 3. The lowest BCUT2D eigenvalue weighted by atomic mass is 10.1. The van der Waals surface area contributed by atoms with E-state index >= 15 is 0 Å². The normalized spacial score (nSPS) is 14.2. The number of amides is 1. The van der Waals surface area contributed by atoms with Crippen molar-refractivity contribution in [1.82, 2.24) is 14.9 Å². The molecule has 0 saturated carbocycles. The van der Waals surface area contributed by atoms with Crippen molar-refractivity contribution in [2.75, 3.05) is 38.2 Å². The van der Waals surface area contributed by atoms with Gasteiger partial charge in [0.15, 0.2) is 5.69 Å². The van der Waals surface area contributed by atoms with Gasteiger partial charge >= 0.3 is 0 Å². The number of piperazine rings is 1. The van der Waals surface area contributed by atoms with E-state index in [9.17, 15) is 4.79 Å². The lowest BCUT2D eigenvalue weighted by Gasteiger charge is -2.35. The number of nitriles is 1. The van der Waals surface area contributed by atoms with E-state index in [2.05, 4.69) is 14.9 Å². The molecule has 7 nitrogen and oxygen atoms in total. The molecule has 0 spiro atoms. The first-order valence-electron chi connectivity index (χ1n) is 7.61. The van der Waals surface area contributed by atoms with E-state index in [1.54, 1.807) is 37.6 Å². The summed E-state index contributed by atoms with van der Waals surface area (Å²) in [7, 11) is 1.60.